The predicted octanol–water partition coefficient (Wildman–Crippen LogP) is 2.64. The number of aromatic nitrogens is 1. The Labute approximate surface area is 127 Å². The molecule has 5 heteroatoms. The Morgan fingerprint density at radius 3 is 2.95 bits per heavy atom. The van der Waals surface area contributed by atoms with E-state index in [0.29, 0.717) is 21.8 Å². The van der Waals surface area contributed by atoms with Gasteiger partial charge in [0.15, 0.2) is 0 Å². The van der Waals surface area contributed by atoms with Gasteiger partial charge in [-0.1, -0.05) is 29.5 Å². The van der Waals surface area contributed by atoms with E-state index in [1.54, 1.807) is 18.2 Å². The molecular formula is C16H13ClN2O2. The molecule has 4 nitrogen and oxygen atoms in total. The lowest BCUT2D eigenvalue weighted by Crippen LogP contribution is -2.13. The van der Waals surface area contributed by atoms with Crippen LogP contribution >= 0.6 is 11.6 Å². The Hall–Kier alpha value is -2.35. The Balaban J connectivity index is 2.26. The van der Waals surface area contributed by atoms with Crippen LogP contribution in [0.3, 0.4) is 0 Å². The molecule has 0 aliphatic rings. The minimum absolute atomic E-state index is 0.274. The first-order valence-corrected chi connectivity index (χ1v) is 6.61. The van der Waals surface area contributed by atoms with E-state index >= 15 is 0 Å². The number of nitrogens with one attached hydrogen (secondary N) is 1. The van der Waals surface area contributed by atoms with Crippen molar-refractivity contribution in [3.05, 3.63) is 58.4 Å². The summed E-state index contributed by atoms with van der Waals surface area (Å²) in [6.45, 7) is 1.61. The number of hydrogen-bond donors (Lipinski definition) is 2. The maximum absolute atomic E-state index is 12.3. The summed E-state index contributed by atoms with van der Waals surface area (Å²) in [7, 11) is 0. The largest absolute Gasteiger partial charge is 0.384 e. The molecule has 2 aromatic rings. The number of aryl methyl sites for hydroxylation is 1. The first-order chi connectivity index (χ1) is 10.1. The lowest BCUT2D eigenvalue weighted by Gasteiger charge is -2.08. The number of anilines is 1. The number of aliphatic hydroxyl groups is 1. The van der Waals surface area contributed by atoms with Crippen LogP contribution in [0.5, 0.6) is 0 Å². The molecule has 2 rings (SSSR count). The number of benzene rings is 1. The summed E-state index contributed by atoms with van der Waals surface area (Å²) in [6.07, 6.45) is 3.00. The lowest BCUT2D eigenvalue weighted by atomic mass is 10.1. The van der Waals surface area contributed by atoms with Crippen LogP contribution in [0.1, 0.15) is 21.5 Å². The van der Waals surface area contributed by atoms with Crippen molar-refractivity contribution >= 4 is 23.2 Å². The topological polar surface area (TPSA) is 62.2 Å². The molecule has 0 aliphatic heterocycles. The maximum atomic E-state index is 12.3. The minimum atomic E-state index is -0.306. The number of nitrogens with zero attached hydrogens (tertiary/aromatic N) is 1. The van der Waals surface area contributed by atoms with Crippen LogP contribution in [0, 0.1) is 18.8 Å². The summed E-state index contributed by atoms with van der Waals surface area (Å²) in [4.78, 5) is 16.2. The fourth-order valence-electron chi connectivity index (χ4n) is 1.70. The zero-order valence-electron chi connectivity index (χ0n) is 11.4. The summed E-state index contributed by atoms with van der Waals surface area (Å²) in [5, 5.41) is 12.1. The smallest absolute Gasteiger partial charge is 0.257 e. The highest BCUT2D eigenvalue weighted by molar-refractivity contribution is 6.31. The van der Waals surface area contributed by atoms with E-state index in [9.17, 15) is 4.79 Å². The van der Waals surface area contributed by atoms with E-state index in [0.717, 1.165) is 5.56 Å². The lowest BCUT2D eigenvalue weighted by molar-refractivity contribution is 0.102. The number of carbonyl (C=O) groups excluding carboxylic acids is 1. The van der Waals surface area contributed by atoms with Crippen LogP contribution in [0.4, 0.5) is 5.69 Å². The quantitative estimate of drug-likeness (QED) is 0.838. The van der Waals surface area contributed by atoms with Gasteiger partial charge < -0.3 is 10.4 Å². The molecule has 0 spiro atoms. The Bertz CT molecular complexity index is 733. The van der Waals surface area contributed by atoms with Gasteiger partial charge in [-0.2, -0.15) is 0 Å². The number of carbonyl (C=O) groups is 1. The molecule has 2 N–H and O–H groups in total. The molecule has 0 atom stereocenters. The number of pyridine rings is 1. The third kappa shape index (κ3) is 3.82. The molecule has 0 saturated carbocycles. The fourth-order valence-corrected chi connectivity index (χ4v) is 1.88. The Morgan fingerprint density at radius 1 is 1.43 bits per heavy atom. The van der Waals surface area contributed by atoms with Crippen LogP contribution in [-0.4, -0.2) is 22.6 Å². The van der Waals surface area contributed by atoms with E-state index in [1.165, 1.54) is 12.4 Å². The first-order valence-electron chi connectivity index (χ1n) is 6.23. The van der Waals surface area contributed by atoms with E-state index in [1.807, 2.05) is 13.0 Å². The zero-order valence-corrected chi connectivity index (χ0v) is 12.1. The van der Waals surface area contributed by atoms with Crippen molar-refractivity contribution in [1.29, 1.82) is 0 Å². The summed E-state index contributed by atoms with van der Waals surface area (Å²) >= 11 is 6.03. The predicted molar refractivity (Wildman–Crippen MR) is 82.3 cm³/mol. The molecule has 1 heterocycles. The van der Waals surface area contributed by atoms with Crippen LogP contribution in [0.15, 0.2) is 36.7 Å². The van der Waals surface area contributed by atoms with Crippen molar-refractivity contribution in [2.75, 3.05) is 11.9 Å². The van der Waals surface area contributed by atoms with Gasteiger partial charge in [-0.05, 0) is 30.7 Å². The van der Waals surface area contributed by atoms with Crippen molar-refractivity contribution in [2.24, 2.45) is 0 Å². The Kier molecular flexibility index (Phi) is 4.94. The summed E-state index contributed by atoms with van der Waals surface area (Å²) in [6, 6.07) is 6.87. The van der Waals surface area contributed by atoms with Crippen LogP contribution in [-0.2, 0) is 0 Å². The van der Waals surface area contributed by atoms with Gasteiger partial charge in [0.05, 0.1) is 11.1 Å². The van der Waals surface area contributed by atoms with Crippen molar-refractivity contribution < 1.29 is 9.90 Å². The van der Waals surface area contributed by atoms with Gasteiger partial charge in [0.25, 0.3) is 5.91 Å². The number of aliphatic hydroxyl groups excluding tert-OH is 1. The summed E-state index contributed by atoms with van der Waals surface area (Å²) in [5.74, 6) is 4.90. The molecule has 0 aliphatic carbocycles. The highest BCUT2D eigenvalue weighted by atomic mass is 35.5. The van der Waals surface area contributed by atoms with E-state index in [2.05, 4.69) is 22.1 Å². The van der Waals surface area contributed by atoms with Gasteiger partial charge in [0.1, 0.15) is 6.61 Å². The number of amides is 1. The molecule has 0 radical (unpaired) electrons. The number of hydrogen-bond acceptors (Lipinski definition) is 3. The van der Waals surface area contributed by atoms with Gasteiger partial charge in [-0.25, -0.2) is 0 Å². The summed E-state index contributed by atoms with van der Waals surface area (Å²) in [5.41, 5.74) is 2.39. The SMILES string of the molecule is Cc1ccc(NC(=O)c2ccncc2C#CCO)cc1Cl. The van der Waals surface area contributed by atoms with E-state index < -0.39 is 0 Å². The molecular weight excluding hydrogens is 288 g/mol. The summed E-state index contributed by atoms with van der Waals surface area (Å²) < 4.78 is 0. The van der Waals surface area contributed by atoms with Gasteiger partial charge in [-0.15, -0.1) is 0 Å². The maximum Gasteiger partial charge on any atom is 0.257 e. The molecule has 1 aromatic heterocycles. The van der Waals surface area contributed by atoms with E-state index in [-0.39, 0.29) is 12.5 Å². The van der Waals surface area contributed by atoms with Crippen LogP contribution in [0.2, 0.25) is 5.02 Å². The van der Waals surface area contributed by atoms with Gasteiger partial charge in [0.2, 0.25) is 0 Å². The average molecular weight is 301 g/mol. The Morgan fingerprint density at radius 2 is 2.24 bits per heavy atom. The standard InChI is InChI=1S/C16H13ClN2O2/c1-11-4-5-13(9-15(11)17)19-16(21)14-6-7-18-10-12(14)3-2-8-20/h4-7,9-10,20H,8H2,1H3,(H,19,21). The van der Waals surface area contributed by atoms with E-state index in [4.69, 9.17) is 16.7 Å². The molecule has 0 fully saturated rings. The molecule has 21 heavy (non-hydrogen) atoms. The second-order valence-electron chi connectivity index (χ2n) is 4.30. The highest BCUT2D eigenvalue weighted by Gasteiger charge is 2.11. The van der Waals surface area contributed by atoms with Gasteiger partial charge in [-0.3, -0.25) is 9.78 Å². The van der Waals surface area contributed by atoms with Gasteiger partial charge in [0, 0.05) is 23.1 Å². The third-order valence-corrected chi connectivity index (χ3v) is 3.20. The minimum Gasteiger partial charge on any atom is -0.384 e. The first kappa shape index (κ1) is 15.0. The zero-order chi connectivity index (χ0) is 15.2. The number of rotatable bonds is 2. The van der Waals surface area contributed by atoms with Crippen molar-refractivity contribution in [2.45, 2.75) is 6.92 Å². The average Bonchev–Trinajstić information content (AvgIpc) is 2.49. The normalized spacial score (nSPS) is 9.67. The van der Waals surface area contributed by atoms with Crippen LogP contribution < -0.4 is 5.32 Å². The molecule has 0 unspecified atom stereocenters. The molecule has 106 valence electrons. The van der Waals surface area contributed by atoms with Crippen molar-refractivity contribution in [3.8, 4) is 11.8 Å². The monoisotopic (exact) mass is 300 g/mol. The second-order valence-corrected chi connectivity index (χ2v) is 4.71. The fraction of sp³-hybridized carbons (Fsp3) is 0.125. The molecule has 0 saturated heterocycles. The van der Waals surface area contributed by atoms with Crippen molar-refractivity contribution in [3.63, 3.8) is 0 Å². The van der Waals surface area contributed by atoms with Gasteiger partial charge >= 0.3 is 0 Å². The second kappa shape index (κ2) is 6.89. The molecule has 1 amide bonds. The molecule has 0 bridgehead atoms. The number of halogens is 1. The third-order valence-electron chi connectivity index (χ3n) is 2.80. The van der Waals surface area contributed by atoms with Crippen LogP contribution in [0.25, 0.3) is 0 Å². The molecule has 1 aromatic carbocycles. The van der Waals surface area contributed by atoms with Crippen molar-refractivity contribution in [1.82, 2.24) is 4.98 Å². The highest BCUT2D eigenvalue weighted by Crippen LogP contribution is 2.20.